The zero-order valence-electron chi connectivity index (χ0n) is 57.0. The number of aliphatic hydroxyl groups excluding tert-OH is 1. The van der Waals surface area contributed by atoms with Crippen LogP contribution in [-0.4, -0.2) is 96.7 Å². The van der Waals surface area contributed by atoms with Gasteiger partial charge in [-0.2, -0.15) is 0 Å². The summed E-state index contributed by atoms with van der Waals surface area (Å²) in [6.45, 7) is 7.14. The number of hydrogen-bond acceptors (Lipinski definition) is 15. The summed E-state index contributed by atoms with van der Waals surface area (Å²) in [4.78, 5) is 72.2. The van der Waals surface area contributed by atoms with E-state index in [9.17, 15) is 43.2 Å². The standard InChI is InChI=1S/C70H132O17P2/c1-6-10-13-16-18-20-22-23-24-28-32-35-39-44-49-54-68(73)81-60-66(87-70(75)56-51-46-41-37-33-29-26-25-27-31-34-38-43-47-52-63(5)9-4)62-85-89(78,79)83-58-64(71)57-82-88(76,77)84-61-65(59-80-67(72)53-48-42-15-12-8-3)86-69(74)55-50-45-40-36-30-21-19-17-14-11-7-2/h20,22-24,63-66,71H,6-19,21,25-62H2,1-5H3,(H,76,77)(H,78,79)/b22-20-,24-23-/t63?,64-,65+,66+/m0/s1. The Kier molecular flexibility index (Phi) is 61.2. The van der Waals surface area contributed by atoms with Gasteiger partial charge in [0.1, 0.15) is 19.3 Å². The van der Waals surface area contributed by atoms with Crippen molar-refractivity contribution in [2.75, 3.05) is 39.6 Å². The van der Waals surface area contributed by atoms with E-state index in [-0.39, 0.29) is 25.7 Å². The first-order valence-electron chi connectivity index (χ1n) is 36.0. The number of ether oxygens (including phenoxy) is 4. The van der Waals surface area contributed by atoms with E-state index in [2.05, 4.69) is 58.9 Å². The molecule has 0 spiro atoms. The summed E-state index contributed by atoms with van der Waals surface area (Å²) in [5, 5.41) is 10.5. The molecule has 0 aliphatic carbocycles. The van der Waals surface area contributed by atoms with Crippen molar-refractivity contribution in [2.24, 2.45) is 5.92 Å². The quantitative estimate of drug-likeness (QED) is 0.0169. The number of carbonyl (C=O) groups is 4. The molecule has 17 nitrogen and oxygen atoms in total. The van der Waals surface area contributed by atoms with Crippen molar-refractivity contribution in [3.63, 3.8) is 0 Å². The van der Waals surface area contributed by atoms with Crippen molar-refractivity contribution in [2.45, 2.75) is 355 Å². The van der Waals surface area contributed by atoms with Crippen LogP contribution in [0.3, 0.4) is 0 Å². The minimum Gasteiger partial charge on any atom is -0.462 e. The van der Waals surface area contributed by atoms with Crippen molar-refractivity contribution in [1.29, 1.82) is 0 Å². The van der Waals surface area contributed by atoms with Crippen LogP contribution in [0.4, 0.5) is 0 Å². The summed E-state index contributed by atoms with van der Waals surface area (Å²) >= 11 is 0. The van der Waals surface area contributed by atoms with Gasteiger partial charge in [0.15, 0.2) is 12.2 Å². The van der Waals surface area contributed by atoms with Crippen LogP contribution in [0.2, 0.25) is 0 Å². The average Bonchev–Trinajstić information content (AvgIpc) is 3.59. The van der Waals surface area contributed by atoms with Crippen LogP contribution in [0.1, 0.15) is 336 Å². The van der Waals surface area contributed by atoms with E-state index in [1.807, 2.05) is 0 Å². The molecule has 0 aromatic carbocycles. The van der Waals surface area contributed by atoms with Gasteiger partial charge in [-0.25, -0.2) is 9.13 Å². The Morgan fingerprint density at radius 2 is 0.629 bits per heavy atom. The Bertz CT molecular complexity index is 1810. The molecule has 89 heavy (non-hydrogen) atoms. The molecule has 0 heterocycles. The molecular weight excluding hydrogens is 1170 g/mol. The minimum absolute atomic E-state index is 0.101. The van der Waals surface area contributed by atoms with Gasteiger partial charge < -0.3 is 33.8 Å². The molecule has 0 saturated carbocycles. The second kappa shape index (κ2) is 63.0. The number of rotatable bonds is 68. The molecule has 0 saturated heterocycles. The van der Waals surface area contributed by atoms with Crippen molar-refractivity contribution in [3.8, 4) is 0 Å². The van der Waals surface area contributed by atoms with Gasteiger partial charge in [0.25, 0.3) is 0 Å². The smallest absolute Gasteiger partial charge is 0.462 e. The predicted octanol–water partition coefficient (Wildman–Crippen LogP) is 19.7. The lowest BCUT2D eigenvalue weighted by molar-refractivity contribution is -0.161. The molecule has 0 fully saturated rings. The number of phosphoric acid groups is 2. The van der Waals surface area contributed by atoms with E-state index < -0.39 is 97.5 Å². The molecule has 0 aliphatic heterocycles. The second-order valence-corrected chi connectivity index (χ2v) is 27.7. The number of carbonyl (C=O) groups excluding carboxylic acids is 4. The lowest BCUT2D eigenvalue weighted by Crippen LogP contribution is -2.30. The maximum absolute atomic E-state index is 13.0. The van der Waals surface area contributed by atoms with Gasteiger partial charge in [-0.15, -0.1) is 0 Å². The molecule has 0 radical (unpaired) electrons. The lowest BCUT2D eigenvalue weighted by Gasteiger charge is -2.21. The van der Waals surface area contributed by atoms with Crippen LogP contribution in [0.25, 0.3) is 0 Å². The van der Waals surface area contributed by atoms with Gasteiger partial charge in [-0.3, -0.25) is 37.3 Å². The fourth-order valence-corrected chi connectivity index (χ4v) is 11.6. The number of phosphoric ester groups is 2. The van der Waals surface area contributed by atoms with Crippen molar-refractivity contribution in [3.05, 3.63) is 24.3 Å². The summed E-state index contributed by atoms with van der Waals surface area (Å²) in [6, 6.07) is 0. The number of aliphatic hydroxyl groups is 1. The molecule has 0 aromatic rings. The highest BCUT2D eigenvalue weighted by molar-refractivity contribution is 7.47. The summed E-state index contributed by atoms with van der Waals surface area (Å²) in [7, 11) is -9.90. The summed E-state index contributed by atoms with van der Waals surface area (Å²) < 4.78 is 68.0. The van der Waals surface area contributed by atoms with Gasteiger partial charge >= 0.3 is 39.5 Å². The molecule has 6 atom stereocenters. The highest BCUT2D eigenvalue weighted by atomic mass is 31.2. The monoisotopic (exact) mass is 1310 g/mol. The lowest BCUT2D eigenvalue weighted by atomic mass is 9.99. The first-order chi connectivity index (χ1) is 43.1. The molecule has 3 N–H and O–H groups in total. The first-order valence-corrected chi connectivity index (χ1v) is 39.0. The van der Waals surface area contributed by atoms with Crippen LogP contribution in [-0.2, 0) is 65.4 Å². The minimum atomic E-state index is -4.96. The molecule has 3 unspecified atom stereocenters. The topological polar surface area (TPSA) is 237 Å². The third-order valence-electron chi connectivity index (χ3n) is 16.0. The third kappa shape index (κ3) is 62.7. The Morgan fingerprint density at radius 1 is 0.360 bits per heavy atom. The van der Waals surface area contributed by atoms with E-state index in [1.165, 1.54) is 135 Å². The molecule has 524 valence electrons. The Morgan fingerprint density at radius 3 is 0.955 bits per heavy atom. The van der Waals surface area contributed by atoms with Gasteiger partial charge in [-0.1, -0.05) is 284 Å². The Hall–Kier alpha value is -2.46. The van der Waals surface area contributed by atoms with Gasteiger partial charge in [0, 0.05) is 25.7 Å². The van der Waals surface area contributed by atoms with Crippen LogP contribution < -0.4 is 0 Å². The van der Waals surface area contributed by atoms with E-state index in [0.717, 1.165) is 121 Å². The largest absolute Gasteiger partial charge is 0.472 e. The average molecular weight is 1310 g/mol. The molecule has 0 aliphatic rings. The zero-order chi connectivity index (χ0) is 65.6. The Labute approximate surface area is 542 Å². The zero-order valence-corrected chi connectivity index (χ0v) is 58.8. The van der Waals surface area contributed by atoms with Gasteiger partial charge in [-0.05, 0) is 57.3 Å². The number of unbranched alkanes of at least 4 members (excludes halogenated alkanes) is 36. The Balaban J connectivity index is 5.19. The summed E-state index contributed by atoms with van der Waals surface area (Å²) in [6.07, 6.45) is 52.4. The van der Waals surface area contributed by atoms with Crippen LogP contribution in [0.15, 0.2) is 24.3 Å². The normalized spacial score (nSPS) is 14.6. The molecule has 0 amide bonds. The molecule has 0 rings (SSSR count). The van der Waals surface area contributed by atoms with Crippen molar-refractivity contribution < 1.29 is 80.2 Å². The molecule has 0 bridgehead atoms. The maximum Gasteiger partial charge on any atom is 0.472 e. The number of hydrogen-bond donors (Lipinski definition) is 3. The van der Waals surface area contributed by atoms with Crippen molar-refractivity contribution in [1.82, 2.24) is 0 Å². The van der Waals surface area contributed by atoms with Gasteiger partial charge in [0.2, 0.25) is 0 Å². The molecule has 19 heteroatoms. The third-order valence-corrected chi connectivity index (χ3v) is 17.9. The van der Waals surface area contributed by atoms with Crippen molar-refractivity contribution >= 4 is 39.5 Å². The van der Waals surface area contributed by atoms with E-state index >= 15 is 0 Å². The summed E-state index contributed by atoms with van der Waals surface area (Å²) in [5.41, 5.74) is 0. The van der Waals surface area contributed by atoms with Crippen LogP contribution in [0.5, 0.6) is 0 Å². The SMILES string of the molecule is CCCCCC/C=C\C=C/CCCCCCCC(=O)OC[C@H](COP(=O)(O)OC[C@@H](O)COP(=O)(O)OC[C@@H](COC(=O)CCCCCCC)OC(=O)CCCCCCCCCCCCC)OC(=O)CCCCCCCCCCCCCCCCC(C)CC. The highest BCUT2D eigenvalue weighted by Crippen LogP contribution is 2.45. The van der Waals surface area contributed by atoms with E-state index in [1.54, 1.807) is 0 Å². The van der Waals surface area contributed by atoms with Crippen LogP contribution >= 0.6 is 15.6 Å². The second-order valence-electron chi connectivity index (χ2n) is 24.8. The molecule has 0 aromatic heterocycles. The number of esters is 4. The first kappa shape index (κ1) is 86.5. The molecular formula is C70H132O17P2. The maximum atomic E-state index is 13.0. The highest BCUT2D eigenvalue weighted by Gasteiger charge is 2.30. The number of allylic oxidation sites excluding steroid dienone is 4. The van der Waals surface area contributed by atoms with E-state index in [0.29, 0.717) is 25.7 Å². The van der Waals surface area contributed by atoms with Gasteiger partial charge in [0.05, 0.1) is 26.4 Å². The predicted molar refractivity (Wildman–Crippen MR) is 358 cm³/mol. The fourth-order valence-electron chi connectivity index (χ4n) is 10.1. The summed E-state index contributed by atoms with van der Waals surface area (Å²) in [5.74, 6) is -1.32. The van der Waals surface area contributed by atoms with Crippen LogP contribution in [0, 0.1) is 5.92 Å². The van der Waals surface area contributed by atoms with E-state index in [4.69, 9.17) is 37.0 Å². The fraction of sp³-hybridized carbons (Fsp3) is 0.886.